The van der Waals surface area contributed by atoms with Gasteiger partial charge in [-0.1, -0.05) is 30.3 Å². The van der Waals surface area contributed by atoms with Gasteiger partial charge in [-0.05, 0) is 29.8 Å². The van der Waals surface area contributed by atoms with Crippen molar-refractivity contribution in [3.63, 3.8) is 0 Å². The van der Waals surface area contributed by atoms with E-state index in [0.29, 0.717) is 5.71 Å². The van der Waals surface area contributed by atoms with Gasteiger partial charge >= 0.3 is 0 Å². The van der Waals surface area contributed by atoms with Gasteiger partial charge in [0.15, 0.2) is 0 Å². The molecular weight excluding hydrogens is 452 g/mol. The number of furan rings is 1. The third kappa shape index (κ3) is 4.80. The first-order valence-electron chi connectivity index (χ1n) is 12.8. The highest BCUT2D eigenvalue weighted by molar-refractivity contribution is 6.05. The molecule has 0 saturated carbocycles. The average molecular weight is 485 g/mol. The van der Waals surface area contributed by atoms with Gasteiger partial charge in [0.05, 0.1) is 18.6 Å². The highest BCUT2D eigenvalue weighted by Gasteiger charge is 2.22. The molecule has 4 aromatic rings. The lowest BCUT2D eigenvalue weighted by Gasteiger charge is -2.28. The first-order valence-corrected chi connectivity index (χ1v) is 12.8. The molecule has 2 fully saturated rings. The van der Waals surface area contributed by atoms with E-state index in [1.54, 1.807) is 6.33 Å². The highest BCUT2D eigenvalue weighted by Crippen LogP contribution is 2.42. The normalized spacial score (nSPS) is 16.9. The van der Waals surface area contributed by atoms with Crippen molar-refractivity contribution in [2.75, 3.05) is 75.8 Å². The predicted octanol–water partition coefficient (Wildman–Crippen LogP) is 3.71. The summed E-state index contributed by atoms with van der Waals surface area (Å²) in [5.41, 5.74) is 4.93. The van der Waals surface area contributed by atoms with Crippen LogP contribution in [0.3, 0.4) is 0 Å². The zero-order chi connectivity index (χ0) is 24.2. The van der Waals surface area contributed by atoms with Crippen LogP contribution in [0.4, 0.5) is 11.5 Å². The number of nitrogens with zero attached hydrogens (tertiary/aromatic N) is 4. The van der Waals surface area contributed by atoms with E-state index in [2.05, 4.69) is 78.9 Å². The van der Waals surface area contributed by atoms with Crippen molar-refractivity contribution in [3.05, 3.63) is 60.9 Å². The second-order valence-corrected chi connectivity index (χ2v) is 9.24. The lowest BCUT2D eigenvalue weighted by atomic mass is 9.99. The topological polar surface area (TPSA) is 78.7 Å². The Labute approximate surface area is 211 Å². The van der Waals surface area contributed by atoms with Crippen LogP contribution in [0, 0.1) is 0 Å². The molecule has 36 heavy (non-hydrogen) atoms. The predicted molar refractivity (Wildman–Crippen MR) is 144 cm³/mol. The number of benzene rings is 2. The zero-order valence-corrected chi connectivity index (χ0v) is 20.4. The summed E-state index contributed by atoms with van der Waals surface area (Å²) >= 11 is 0. The Morgan fingerprint density at radius 3 is 2.42 bits per heavy atom. The number of nitrogens with one attached hydrogen (secondary N) is 2. The molecule has 6 rings (SSSR count). The summed E-state index contributed by atoms with van der Waals surface area (Å²) in [5.74, 6) is 1.63. The van der Waals surface area contributed by atoms with E-state index < -0.39 is 0 Å². The van der Waals surface area contributed by atoms with Gasteiger partial charge in [0.2, 0.25) is 5.71 Å². The maximum atomic E-state index is 6.42. The number of piperazine rings is 1. The summed E-state index contributed by atoms with van der Waals surface area (Å²) in [7, 11) is 0. The summed E-state index contributed by atoms with van der Waals surface area (Å²) < 4.78 is 11.9. The third-order valence-electron chi connectivity index (χ3n) is 6.99. The van der Waals surface area contributed by atoms with Gasteiger partial charge in [-0.3, -0.25) is 4.90 Å². The lowest BCUT2D eigenvalue weighted by Crippen LogP contribution is -2.45. The number of aromatic nitrogens is 2. The number of anilines is 2. The van der Waals surface area contributed by atoms with Gasteiger partial charge in [0, 0.05) is 69.2 Å². The molecule has 2 aliphatic heterocycles. The molecule has 0 unspecified atom stereocenters. The Kier molecular flexibility index (Phi) is 6.80. The molecule has 2 aromatic carbocycles. The molecule has 0 bridgehead atoms. The molecule has 2 N–H and O–H groups in total. The van der Waals surface area contributed by atoms with Crippen LogP contribution in [-0.4, -0.2) is 80.4 Å². The summed E-state index contributed by atoms with van der Waals surface area (Å²) in [6.45, 7) is 9.40. The number of rotatable bonds is 7. The van der Waals surface area contributed by atoms with Crippen molar-refractivity contribution >= 4 is 22.6 Å². The molecule has 0 atom stereocenters. The van der Waals surface area contributed by atoms with Gasteiger partial charge in [-0.25, -0.2) is 9.97 Å². The number of hydrogen-bond acceptors (Lipinski definition) is 8. The van der Waals surface area contributed by atoms with Crippen LogP contribution in [-0.2, 0) is 4.74 Å². The van der Waals surface area contributed by atoms with Gasteiger partial charge < -0.3 is 24.7 Å². The Balaban J connectivity index is 1.35. The maximum Gasteiger partial charge on any atom is 0.232 e. The van der Waals surface area contributed by atoms with Crippen molar-refractivity contribution in [3.8, 4) is 22.5 Å². The number of hydrogen-bond donors (Lipinski definition) is 2. The van der Waals surface area contributed by atoms with Crippen LogP contribution in [0.1, 0.15) is 0 Å². The third-order valence-corrected chi connectivity index (χ3v) is 6.99. The minimum atomic E-state index is 0.598. The second-order valence-electron chi connectivity index (χ2n) is 9.24. The highest BCUT2D eigenvalue weighted by atomic mass is 16.5. The second kappa shape index (κ2) is 10.7. The molecule has 0 radical (unpaired) electrons. The number of fused-ring (bicyclic) bond motifs is 1. The first kappa shape index (κ1) is 23.0. The van der Waals surface area contributed by atoms with E-state index in [9.17, 15) is 0 Å². The van der Waals surface area contributed by atoms with Gasteiger partial charge in [0.1, 0.15) is 17.9 Å². The van der Waals surface area contributed by atoms with E-state index in [1.165, 1.54) is 5.69 Å². The molecule has 0 aliphatic carbocycles. The van der Waals surface area contributed by atoms with Gasteiger partial charge in [-0.15, -0.1) is 0 Å². The summed E-state index contributed by atoms with van der Waals surface area (Å²) in [5, 5.41) is 7.91. The largest absolute Gasteiger partial charge is 0.437 e. The summed E-state index contributed by atoms with van der Waals surface area (Å²) in [4.78, 5) is 14.0. The van der Waals surface area contributed by atoms with Crippen molar-refractivity contribution in [1.29, 1.82) is 0 Å². The van der Waals surface area contributed by atoms with Crippen LogP contribution < -0.4 is 15.5 Å². The van der Waals surface area contributed by atoms with Crippen LogP contribution in [0.15, 0.2) is 65.3 Å². The Hall–Kier alpha value is -3.46. The SMILES string of the molecule is c1ccc(-c2c(-c3ccc(N4CCOCC4)cc3)oc3ncnc(NCCN4CCNCC4)c23)cc1. The van der Waals surface area contributed by atoms with Crippen molar-refractivity contribution in [1.82, 2.24) is 20.2 Å². The lowest BCUT2D eigenvalue weighted by molar-refractivity contribution is 0.122. The Morgan fingerprint density at radius 2 is 1.64 bits per heavy atom. The molecule has 4 heterocycles. The van der Waals surface area contributed by atoms with E-state index >= 15 is 0 Å². The smallest absolute Gasteiger partial charge is 0.232 e. The summed E-state index contributed by atoms with van der Waals surface area (Å²) in [6.07, 6.45) is 1.58. The van der Waals surface area contributed by atoms with E-state index in [-0.39, 0.29) is 0 Å². The van der Waals surface area contributed by atoms with E-state index in [0.717, 1.165) is 99.2 Å². The molecule has 2 aromatic heterocycles. The number of ether oxygens (including phenoxy) is 1. The fraction of sp³-hybridized carbons (Fsp3) is 0.357. The molecule has 2 saturated heterocycles. The standard InChI is InChI=1S/C28H32N6O2/c1-2-4-21(5-3-1)24-25-27(30-12-15-33-13-10-29-11-14-33)31-20-32-28(25)36-26(24)22-6-8-23(9-7-22)34-16-18-35-19-17-34/h1-9,20,29H,10-19H2,(H,30,31,32). The molecular formula is C28H32N6O2. The van der Waals surface area contributed by atoms with Crippen LogP contribution in [0.5, 0.6) is 0 Å². The van der Waals surface area contributed by atoms with Crippen LogP contribution in [0.2, 0.25) is 0 Å². The zero-order valence-electron chi connectivity index (χ0n) is 20.4. The van der Waals surface area contributed by atoms with Crippen LogP contribution >= 0.6 is 0 Å². The quantitative estimate of drug-likeness (QED) is 0.411. The van der Waals surface area contributed by atoms with Crippen molar-refractivity contribution < 1.29 is 9.15 Å². The van der Waals surface area contributed by atoms with E-state index in [4.69, 9.17) is 9.15 Å². The Bertz CT molecular complexity index is 1280. The number of morpholine rings is 1. The molecule has 0 amide bonds. The maximum absolute atomic E-state index is 6.42. The average Bonchev–Trinajstić information content (AvgIpc) is 3.35. The molecule has 0 spiro atoms. The minimum absolute atomic E-state index is 0.598. The van der Waals surface area contributed by atoms with Gasteiger partial charge in [0.25, 0.3) is 0 Å². The monoisotopic (exact) mass is 484 g/mol. The minimum Gasteiger partial charge on any atom is -0.437 e. The van der Waals surface area contributed by atoms with E-state index in [1.807, 2.05) is 6.07 Å². The molecule has 8 nitrogen and oxygen atoms in total. The van der Waals surface area contributed by atoms with Crippen molar-refractivity contribution in [2.24, 2.45) is 0 Å². The van der Waals surface area contributed by atoms with Gasteiger partial charge in [-0.2, -0.15) is 0 Å². The molecule has 186 valence electrons. The molecule has 8 heteroatoms. The first-order chi connectivity index (χ1) is 17.9. The van der Waals surface area contributed by atoms with Crippen LogP contribution in [0.25, 0.3) is 33.6 Å². The fourth-order valence-corrected chi connectivity index (χ4v) is 5.06. The molecule has 2 aliphatic rings. The summed E-state index contributed by atoms with van der Waals surface area (Å²) in [6, 6.07) is 19.0. The van der Waals surface area contributed by atoms with Crippen molar-refractivity contribution in [2.45, 2.75) is 0 Å². The fourth-order valence-electron chi connectivity index (χ4n) is 5.06. The Morgan fingerprint density at radius 1 is 0.861 bits per heavy atom.